The Labute approximate surface area is 366 Å². The minimum Gasteiger partial charge on any atom is -0.507 e. The Kier molecular flexibility index (Phi) is 14.5. The molecule has 352 valence electrons. The van der Waals surface area contributed by atoms with E-state index < -0.39 is 135 Å². The molecule has 4 heterocycles. The second-order valence-corrected chi connectivity index (χ2v) is 15.3. The van der Waals surface area contributed by atoms with E-state index >= 15 is 0 Å². The topological polar surface area (TPSA) is 365 Å². The first kappa shape index (κ1) is 47.3. The molecule has 0 spiro atoms. The molecular formula is C42H47O23+. The number of carbonyl (C=O) groups excluding carboxylic acids is 1. The second-order valence-electron chi connectivity index (χ2n) is 15.3. The maximum atomic E-state index is 12.5. The average molecular weight is 920 g/mol. The summed E-state index contributed by atoms with van der Waals surface area (Å²) in [5, 5.41) is 137. The predicted molar refractivity (Wildman–Crippen MR) is 214 cm³/mol. The summed E-state index contributed by atoms with van der Waals surface area (Å²) in [5.41, 5.74) is 0.417. The van der Waals surface area contributed by atoms with Gasteiger partial charge in [0.25, 0.3) is 0 Å². The van der Waals surface area contributed by atoms with E-state index in [9.17, 15) is 71.2 Å². The van der Waals surface area contributed by atoms with Crippen molar-refractivity contribution in [3.05, 3.63) is 66.2 Å². The molecule has 1 aromatic heterocycles. The van der Waals surface area contributed by atoms with Gasteiger partial charge < -0.3 is 104 Å². The highest BCUT2D eigenvalue weighted by molar-refractivity contribution is 5.89. The second kappa shape index (κ2) is 19.8. The summed E-state index contributed by atoms with van der Waals surface area (Å²) in [6, 6.07) is 11.2. The molecule has 3 aliphatic heterocycles. The van der Waals surface area contributed by atoms with Crippen LogP contribution < -0.4 is 9.47 Å². The van der Waals surface area contributed by atoms with Gasteiger partial charge in [-0.05, 0) is 35.9 Å². The normalized spacial score (nSPS) is 31.8. The van der Waals surface area contributed by atoms with Crippen molar-refractivity contribution in [2.75, 3.05) is 26.9 Å². The zero-order valence-electron chi connectivity index (χ0n) is 34.0. The van der Waals surface area contributed by atoms with Gasteiger partial charge in [-0.25, -0.2) is 9.21 Å². The number of hydrogen-bond donors (Lipinski definition) is 13. The van der Waals surface area contributed by atoms with Crippen LogP contribution in [-0.2, 0) is 33.2 Å². The maximum Gasteiger partial charge on any atom is 0.402 e. The van der Waals surface area contributed by atoms with Gasteiger partial charge in [-0.15, -0.1) is 0 Å². The fourth-order valence-corrected chi connectivity index (χ4v) is 7.16. The van der Waals surface area contributed by atoms with Crippen molar-refractivity contribution in [2.24, 2.45) is 0 Å². The van der Waals surface area contributed by atoms with Gasteiger partial charge >= 0.3 is 17.3 Å². The lowest BCUT2D eigenvalue weighted by Gasteiger charge is -2.45. The van der Waals surface area contributed by atoms with Crippen LogP contribution >= 0.6 is 0 Å². The Bertz CT molecular complexity index is 2340. The number of phenolic OH excluding ortho intramolecular Hbond substituents is 5. The number of rotatable bonds is 13. The minimum atomic E-state index is -2.03. The average Bonchev–Trinajstić information content (AvgIpc) is 3.28. The zero-order valence-corrected chi connectivity index (χ0v) is 34.0. The van der Waals surface area contributed by atoms with E-state index in [0.717, 1.165) is 30.3 Å². The highest BCUT2D eigenvalue weighted by Crippen LogP contribution is 2.43. The third-order valence-electron chi connectivity index (χ3n) is 10.8. The highest BCUT2D eigenvalue weighted by Gasteiger charge is 2.52. The van der Waals surface area contributed by atoms with Crippen molar-refractivity contribution in [2.45, 2.75) is 86.0 Å². The third kappa shape index (κ3) is 10.3. The van der Waals surface area contributed by atoms with E-state index in [1.807, 2.05) is 0 Å². The molecule has 3 aromatic carbocycles. The molecule has 14 atom stereocenters. The molecule has 65 heavy (non-hydrogen) atoms. The number of aliphatic hydroxyl groups excluding tert-OH is 8. The quantitative estimate of drug-likeness (QED) is 0.0319. The summed E-state index contributed by atoms with van der Waals surface area (Å²) in [7, 11) is 1.34. The highest BCUT2D eigenvalue weighted by atomic mass is 16.8. The molecule has 23 heteroatoms. The van der Waals surface area contributed by atoms with Gasteiger partial charge in [-0.3, -0.25) is 0 Å². The van der Waals surface area contributed by atoms with Gasteiger partial charge in [-0.1, -0.05) is 6.07 Å². The minimum absolute atomic E-state index is 0.0418. The number of aromatic hydroxyl groups is 5. The molecule has 3 fully saturated rings. The van der Waals surface area contributed by atoms with E-state index in [-0.39, 0.29) is 39.5 Å². The van der Waals surface area contributed by atoms with Crippen LogP contribution in [0.1, 0.15) is 5.56 Å². The number of fused-ring (bicyclic) bond motifs is 1. The Hall–Kier alpha value is -5.64. The van der Waals surface area contributed by atoms with Crippen LogP contribution in [0.15, 0.2) is 65.1 Å². The molecule has 4 aromatic rings. The van der Waals surface area contributed by atoms with E-state index in [1.165, 1.54) is 43.5 Å². The monoisotopic (exact) mass is 919 g/mol. The van der Waals surface area contributed by atoms with Gasteiger partial charge in [-0.2, -0.15) is 0 Å². The van der Waals surface area contributed by atoms with Gasteiger partial charge in [0.05, 0.1) is 32.0 Å². The van der Waals surface area contributed by atoms with E-state index in [0.29, 0.717) is 5.56 Å². The van der Waals surface area contributed by atoms with Crippen LogP contribution in [0.3, 0.4) is 0 Å². The summed E-state index contributed by atoms with van der Waals surface area (Å²) in [5.74, 6) is -3.40. The Balaban J connectivity index is 1.12. The van der Waals surface area contributed by atoms with Crippen LogP contribution in [0.25, 0.3) is 28.4 Å². The summed E-state index contributed by atoms with van der Waals surface area (Å²) in [4.78, 5) is 12.5. The number of methoxy groups -OCH3 is 1. The number of ether oxygens (including phenoxy) is 8. The lowest BCUT2D eigenvalue weighted by Crippen LogP contribution is -2.64. The summed E-state index contributed by atoms with van der Waals surface area (Å²) >= 11 is 0. The largest absolute Gasteiger partial charge is 0.507 e. The molecule has 0 amide bonds. The van der Waals surface area contributed by atoms with Crippen molar-refractivity contribution in [3.63, 3.8) is 0 Å². The van der Waals surface area contributed by atoms with Gasteiger partial charge in [0.15, 0.2) is 41.7 Å². The van der Waals surface area contributed by atoms with Crippen molar-refractivity contribution in [1.82, 2.24) is 0 Å². The molecule has 23 nitrogen and oxygen atoms in total. The van der Waals surface area contributed by atoms with Crippen molar-refractivity contribution < 1.29 is 113 Å². The number of benzene rings is 3. The van der Waals surface area contributed by atoms with E-state index in [4.69, 9.17) is 42.3 Å². The summed E-state index contributed by atoms with van der Waals surface area (Å²) < 4.78 is 51.0. The number of aliphatic hydroxyl groups is 8. The molecular weight excluding hydrogens is 872 g/mol. The maximum absolute atomic E-state index is 12.5. The van der Waals surface area contributed by atoms with Crippen LogP contribution in [-0.4, -0.2) is 185 Å². The van der Waals surface area contributed by atoms with E-state index in [2.05, 4.69) is 0 Å². The molecule has 3 aliphatic rings. The van der Waals surface area contributed by atoms with Crippen molar-refractivity contribution >= 4 is 23.0 Å². The first-order valence-corrected chi connectivity index (χ1v) is 19.8. The Morgan fingerprint density at radius 3 is 2.12 bits per heavy atom. The number of phenols is 5. The van der Waals surface area contributed by atoms with Gasteiger partial charge in [0, 0.05) is 24.3 Å². The van der Waals surface area contributed by atoms with Crippen LogP contribution in [0, 0.1) is 0 Å². The van der Waals surface area contributed by atoms with E-state index in [1.54, 1.807) is 0 Å². The fourth-order valence-electron chi connectivity index (χ4n) is 7.16. The lowest BCUT2D eigenvalue weighted by molar-refractivity contribution is -0.353. The fraction of sp³-hybridized carbons (Fsp3) is 0.429. The molecule has 0 radical (unpaired) electrons. The first-order chi connectivity index (χ1) is 30.9. The summed E-state index contributed by atoms with van der Waals surface area (Å²) in [6.07, 6.45) is -22.8. The molecule has 0 bridgehead atoms. The smallest absolute Gasteiger partial charge is 0.402 e. The Morgan fingerprint density at radius 1 is 0.692 bits per heavy atom. The van der Waals surface area contributed by atoms with Crippen molar-refractivity contribution in [3.8, 4) is 51.6 Å². The SMILES string of the molecule is COc1cc(C=CC(=O)OCC2OC(OCC3OC(Oc4cc5c(O)cc(O)cc5[o+]c4-c4ccc(O)c(O)c4)C(OC4OCC(O)C(O)C4O)C(O)C3O)C(O)C(O)C2O)ccc1O. The summed E-state index contributed by atoms with van der Waals surface area (Å²) in [6.45, 7) is -1.95. The number of esters is 1. The standard InChI is InChI=1S/C42H46O23/c1-57-26-8-16(2-5-21(26)45)3-7-30(49)58-14-28-32(51)34(53)37(56)40(63-28)60-15-29-33(52)35(54)39(65-41-36(55)31(50)24(48)13-59-41)42(64-29)62-27-12-19-22(46)10-18(43)11-25(19)61-38(27)17-4-6-20(44)23(47)9-17/h2-12,24,28-29,31-37,39-42,48,50-56H,13-15H2,1H3,(H4-,43,44,45,46,47,49)/p+1. The molecule has 7 rings (SSSR count). The number of carbonyl (C=O) groups is 1. The lowest BCUT2D eigenvalue weighted by atomic mass is 9.98. The Morgan fingerprint density at radius 2 is 1.38 bits per heavy atom. The molecule has 14 unspecified atom stereocenters. The van der Waals surface area contributed by atoms with Gasteiger partial charge in [0.2, 0.25) is 12.0 Å². The van der Waals surface area contributed by atoms with Crippen LogP contribution in [0.4, 0.5) is 0 Å². The molecule has 13 N–H and O–H groups in total. The van der Waals surface area contributed by atoms with Crippen LogP contribution in [0.5, 0.6) is 40.2 Å². The first-order valence-electron chi connectivity index (χ1n) is 19.8. The third-order valence-corrected chi connectivity index (χ3v) is 10.8. The molecule has 0 aliphatic carbocycles. The van der Waals surface area contributed by atoms with Crippen LogP contribution in [0.2, 0.25) is 0 Å². The van der Waals surface area contributed by atoms with Crippen molar-refractivity contribution in [1.29, 1.82) is 0 Å². The molecule has 0 saturated carbocycles. The zero-order chi connectivity index (χ0) is 46.9. The van der Waals surface area contributed by atoms with Gasteiger partial charge in [0.1, 0.15) is 84.5 Å². The molecule has 3 saturated heterocycles. The predicted octanol–water partition coefficient (Wildman–Crippen LogP) is -1.35. The number of hydrogen-bond acceptors (Lipinski definition) is 22.